The van der Waals surface area contributed by atoms with E-state index in [0.717, 1.165) is 35.1 Å². The predicted molar refractivity (Wildman–Crippen MR) is 171 cm³/mol. The molecule has 278 valence electrons. The standard InChI is InChI=1S/C34H34F5N5O8/c1-2-10-51-21-6-7-22(24(17-21)34(37,38)39)26-18-29(52-43-26)33(32(46)47,8-11-48-13-15-50-16-14-49-12-9-45)44-20-28-27(19-40-44)41-31(42-28)23-4-3-5-25(35)30(23)36/h3-7,17-20,45H,2,8-16H2,1H3,(H,46,47). The fourth-order valence-corrected chi connectivity index (χ4v) is 5.20. The summed E-state index contributed by atoms with van der Waals surface area (Å²) < 4.78 is 99.2. The summed E-state index contributed by atoms with van der Waals surface area (Å²) in [7, 11) is 0. The number of carboxylic acids is 1. The van der Waals surface area contributed by atoms with Gasteiger partial charge in [0.15, 0.2) is 23.2 Å². The average molecular weight is 736 g/mol. The van der Waals surface area contributed by atoms with Crippen molar-refractivity contribution in [1.29, 1.82) is 0 Å². The molecule has 1 unspecified atom stereocenters. The number of benzene rings is 2. The van der Waals surface area contributed by atoms with Crippen molar-refractivity contribution in [2.45, 2.75) is 31.5 Å². The molecule has 13 nitrogen and oxygen atoms in total. The molecule has 2 aliphatic heterocycles. The summed E-state index contributed by atoms with van der Waals surface area (Å²) in [5, 5.41) is 27.6. The first-order valence-electron chi connectivity index (χ1n) is 16.1. The number of hydrogen-bond donors (Lipinski definition) is 2. The normalized spacial score (nSPS) is 13.1. The van der Waals surface area contributed by atoms with Gasteiger partial charge in [-0.1, -0.05) is 18.1 Å². The molecule has 0 bridgehead atoms. The molecule has 1 aromatic heterocycles. The quantitative estimate of drug-likeness (QED) is 0.0816. The minimum atomic E-state index is -4.83. The van der Waals surface area contributed by atoms with Gasteiger partial charge < -0.3 is 33.7 Å². The van der Waals surface area contributed by atoms with Crippen LogP contribution >= 0.6 is 0 Å². The minimum Gasteiger partial charge on any atom is -0.494 e. The maximum absolute atomic E-state index is 14.6. The Morgan fingerprint density at radius 2 is 1.60 bits per heavy atom. The number of ether oxygens (including phenoxy) is 4. The van der Waals surface area contributed by atoms with Gasteiger partial charge in [-0.25, -0.2) is 28.2 Å². The van der Waals surface area contributed by atoms with Gasteiger partial charge in [0.1, 0.15) is 22.8 Å². The van der Waals surface area contributed by atoms with Gasteiger partial charge in [-0.2, -0.15) is 18.3 Å². The lowest BCUT2D eigenvalue weighted by Gasteiger charge is -2.28. The van der Waals surface area contributed by atoms with Gasteiger partial charge in [0, 0.05) is 18.1 Å². The van der Waals surface area contributed by atoms with E-state index in [2.05, 4.69) is 20.2 Å². The molecule has 3 aromatic rings. The van der Waals surface area contributed by atoms with Gasteiger partial charge >= 0.3 is 12.1 Å². The van der Waals surface area contributed by atoms with Gasteiger partial charge in [0.2, 0.25) is 5.54 Å². The number of rotatable bonds is 19. The van der Waals surface area contributed by atoms with Gasteiger partial charge in [-0.05, 0) is 36.8 Å². The number of aliphatic hydroxyl groups is 1. The van der Waals surface area contributed by atoms with Crippen LogP contribution in [0.2, 0.25) is 0 Å². The first-order valence-corrected chi connectivity index (χ1v) is 16.1. The summed E-state index contributed by atoms with van der Waals surface area (Å²) in [5.74, 6) is -4.45. The van der Waals surface area contributed by atoms with Gasteiger partial charge in [0.05, 0.1) is 76.4 Å². The largest absolute Gasteiger partial charge is 0.494 e. The zero-order valence-electron chi connectivity index (χ0n) is 27.7. The topological polar surface area (TPSA) is 164 Å². The molecular weight excluding hydrogens is 701 g/mol. The third-order valence-corrected chi connectivity index (χ3v) is 7.75. The molecule has 0 saturated carbocycles. The lowest BCUT2D eigenvalue weighted by atomic mass is 9.91. The van der Waals surface area contributed by atoms with E-state index >= 15 is 0 Å². The number of halogens is 5. The highest BCUT2D eigenvalue weighted by Crippen LogP contribution is 2.41. The van der Waals surface area contributed by atoms with Crippen molar-refractivity contribution in [2.75, 3.05) is 52.9 Å². The number of aliphatic hydroxyl groups excluding tert-OH is 1. The Balaban J connectivity index is 1.51. The summed E-state index contributed by atoms with van der Waals surface area (Å²) in [6, 6.07) is 7.87. The number of fused-ring (bicyclic) bond motifs is 1. The predicted octanol–water partition coefficient (Wildman–Crippen LogP) is 5.45. The van der Waals surface area contributed by atoms with Crippen LogP contribution in [-0.4, -0.2) is 93.9 Å². The highest BCUT2D eigenvalue weighted by Gasteiger charge is 2.48. The number of aliphatic carboxylic acids is 1. The van der Waals surface area contributed by atoms with Crippen LogP contribution in [0, 0.1) is 11.6 Å². The van der Waals surface area contributed by atoms with E-state index < -0.39 is 40.6 Å². The van der Waals surface area contributed by atoms with Gasteiger partial charge in [-0.3, -0.25) is 0 Å². The van der Waals surface area contributed by atoms with E-state index in [4.69, 9.17) is 28.6 Å². The molecule has 2 aliphatic rings. The molecule has 1 atom stereocenters. The van der Waals surface area contributed by atoms with Gasteiger partial charge in [0.25, 0.3) is 0 Å². The SMILES string of the molecule is CCCOc1ccc(-c2cc(C(CCOCCOCCOCCO)(C(=O)O)n3cc4nc(-c5cccc(F)c5F)nc-4cn3)on2)c(C(F)(F)F)c1. The Kier molecular flexibility index (Phi) is 12.5. The lowest BCUT2D eigenvalue weighted by molar-refractivity contribution is -0.148. The smallest absolute Gasteiger partial charge is 0.417 e. The van der Waals surface area contributed by atoms with Crippen LogP contribution in [0.3, 0.4) is 0 Å². The number of aromatic nitrogens is 5. The second-order valence-electron chi connectivity index (χ2n) is 11.2. The van der Waals surface area contributed by atoms with Crippen molar-refractivity contribution >= 4 is 5.97 Å². The third-order valence-electron chi connectivity index (χ3n) is 7.75. The molecule has 52 heavy (non-hydrogen) atoms. The molecule has 0 aliphatic carbocycles. The van der Waals surface area contributed by atoms with Crippen LogP contribution in [0.5, 0.6) is 5.75 Å². The fraction of sp³-hybridized carbons (Fsp3) is 0.382. The molecule has 18 heteroatoms. The van der Waals surface area contributed by atoms with E-state index in [9.17, 15) is 31.9 Å². The summed E-state index contributed by atoms with van der Waals surface area (Å²) in [6.45, 7) is 2.41. The zero-order chi connectivity index (χ0) is 37.3. The second kappa shape index (κ2) is 17.0. The maximum atomic E-state index is 14.6. The number of carbonyl (C=O) groups is 1. The van der Waals surface area contributed by atoms with Crippen LogP contribution in [0.4, 0.5) is 22.0 Å². The zero-order valence-corrected chi connectivity index (χ0v) is 27.7. The monoisotopic (exact) mass is 735 g/mol. The Labute approximate surface area is 293 Å². The average Bonchev–Trinajstić information content (AvgIpc) is 3.78. The number of carboxylic acid groups (broad SMARTS) is 1. The molecule has 0 amide bonds. The Hall–Kier alpha value is -5.04. The summed E-state index contributed by atoms with van der Waals surface area (Å²) in [5.41, 5.74) is -4.14. The molecule has 0 radical (unpaired) electrons. The fourth-order valence-electron chi connectivity index (χ4n) is 5.20. The first-order chi connectivity index (χ1) is 25.0. The van der Waals surface area contributed by atoms with E-state index in [1.165, 1.54) is 24.4 Å². The summed E-state index contributed by atoms with van der Waals surface area (Å²) >= 11 is 0. The molecule has 2 N–H and O–H groups in total. The summed E-state index contributed by atoms with van der Waals surface area (Å²) in [6.07, 6.45) is -2.30. The number of imidazole rings is 1. The minimum absolute atomic E-state index is 0.0123. The Morgan fingerprint density at radius 3 is 2.29 bits per heavy atom. The molecule has 2 aromatic carbocycles. The number of alkyl halides is 3. The van der Waals surface area contributed by atoms with Crippen molar-refractivity contribution in [1.82, 2.24) is 24.9 Å². The van der Waals surface area contributed by atoms with Crippen molar-refractivity contribution in [3.05, 3.63) is 77.8 Å². The van der Waals surface area contributed by atoms with Crippen LogP contribution < -0.4 is 4.74 Å². The highest BCUT2D eigenvalue weighted by molar-refractivity contribution is 5.81. The first kappa shape index (κ1) is 38.2. The van der Waals surface area contributed by atoms with E-state index in [1.54, 1.807) is 6.92 Å². The maximum Gasteiger partial charge on any atom is 0.417 e. The number of nitrogens with zero attached hydrogens (tertiary/aromatic N) is 5. The van der Waals surface area contributed by atoms with Crippen molar-refractivity contribution < 1.29 is 60.4 Å². The summed E-state index contributed by atoms with van der Waals surface area (Å²) in [4.78, 5) is 21.8. The molecule has 5 rings (SSSR count). The Morgan fingerprint density at radius 1 is 0.885 bits per heavy atom. The van der Waals surface area contributed by atoms with Crippen molar-refractivity contribution in [2.24, 2.45) is 0 Å². The van der Waals surface area contributed by atoms with Crippen LogP contribution in [0.15, 0.2) is 59.4 Å². The van der Waals surface area contributed by atoms with Crippen LogP contribution in [0.1, 0.15) is 31.1 Å². The number of hydrogen-bond acceptors (Lipinski definition) is 11. The molecule has 0 fully saturated rings. The van der Waals surface area contributed by atoms with E-state index in [1.807, 2.05) is 0 Å². The highest BCUT2D eigenvalue weighted by atomic mass is 19.4. The molecule has 0 spiro atoms. The lowest BCUT2D eigenvalue weighted by Crippen LogP contribution is -2.45. The Bertz CT molecular complexity index is 1920. The second-order valence-corrected chi connectivity index (χ2v) is 11.2. The third kappa shape index (κ3) is 8.52. The van der Waals surface area contributed by atoms with Gasteiger partial charge in [-0.15, -0.1) is 0 Å². The van der Waals surface area contributed by atoms with Crippen LogP contribution in [-0.2, 0) is 30.7 Å². The van der Waals surface area contributed by atoms with Crippen molar-refractivity contribution in [3.63, 3.8) is 0 Å². The van der Waals surface area contributed by atoms with E-state index in [0.29, 0.717) is 6.42 Å². The van der Waals surface area contributed by atoms with Crippen LogP contribution in [0.25, 0.3) is 34.0 Å². The van der Waals surface area contributed by atoms with E-state index in [-0.39, 0.29) is 99.1 Å². The molecular formula is C34H34F5N5O8. The molecule has 0 saturated heterocycles. The molecule has 3 heterocycles. The van der Waals surface area contributed by atoms with Crippen molar-refractivity contribution in [3.8, 4) is 39.8 Å².